The molecule has 6 heteroatoms. The molecule has 0 radical (unpaired) electrons. The monoisotopic (exact) mass is 279 g/mol. The summed E-state index contributed by atoms with van der Waals surface area (Å²) in [6.45, 7) is 7.21. The SMILES string of the molecule is Cc1c(NN)nc(C2CC2)nc1N(CCCO)C(C)C. The van der Waals surface area contributed by atoms with E-state index in [-0.39, 0.29) is 6.61 Å². The number of anilines is 2. The molecule has 0 saturated heterocycles. The summed E-state index contributed by atoms with van der Waals surface area (Å²) in [6.07, 6.45) is 3.04. The fraction of sp³-hybridized carbons (Fsp3) is 0.714. The van der Waals surface area contributed by atoms with Gasteiger partial charge in [-0.15, -0.1) is 0 Å². The largest absolute Gasteiger partial charge is 0.396 e. The molecule has 112 valence electrons. The summed E-state index contributed by atoms with van der Waals surface area (Å²) in [5, 5.41) is 9.07. The lowest BCUT2D eigenvalue weighted by Crippen LogP contribution is -2.34. The molecule has 1 saturated carbocycles. The second kappa shape index (κ2) is 6.37. The van der Waals surface area contributed by atoms with Crippen molar-refractivity contribution in [3.05, 3.63) is 11.4 Å². The van der Waals surface area contributed by atoms with Gasteiger partial charge in [0.25, 0.3) is 0 Å². The quantitative estimate of drug-likeness (QED) is 0.518. The third-order valence-corrected chi connectivity index (χ3v) is 3.67. The second-order valence-electron chi connectivity index (χ2n) is 5.66. The fourth-order valence-corrected chi connectivity index (χ4v) is 2.32. The Balaban J connectivity index is 2.37. The van der Waals surface area contributed by atoms with Crippen molar-refractivity contribution in [1.82, 2.24) is 9.97 Å². The Morgan fingerprint density at radius 1 is 1.40 bits per heavy atom. The molecule has 2 rings (SSSR count). The van der Waals surface area contributed by atoms with Crippen LogP contribution < -0.4 is 16.2 Å². The van der Waals surface area contributed by atoms with Crippen molar-refractivity contribution < 1.29 is 5.11 Å². The lowest BCUT2D eigenvalue weighted by atomic mass is 10.2. The van der Waals surface area contributed by atoms with Gasteiger partial charge in [-0.05, 0) is 40.0 Å². The van der Waals surface area contributed by atoms with E-state index in [1.54, 1.807) is 0 Å². The van der Waals surface area contributed by atoms with Crippen LogP contribution in [-0.2, 0) is 0 Å². The highest BCUT2D eigenvalue weighted by atomic mass is 16.3. The highest BCUT2D eigenvalue weighted by Crippen LogP contribution is 2.40. The molecule has 0 amide bonds. The number of nitrogens with one attached hydrogen (secondary N) is 1. The van der Waals surface area contributed by atoms with Crippen LogP contribution in [0.5, 0.6) is 0 Å². The van der Waals surface area contributed by atoms with Gasteiger partial charge in [0.2, 0.25) is 0 Å². The fourth-order valence-electron chi connectivity index (χ4n) is 2.32. The molecule has 0 spiro atoms. The van der Waals surface area contributed by atoms with Crippen molar-refractivity contribution in [2.45, 2.75) is 52.0 Å². The van der Waals surface area contributed by atoms with Gasteiger partial charge < -0.3 is 15.4 Å². The molecular formula is C14H25N5O. The Morgan fingerprint density at radius 3 is 2.60 bits per heavy atom. The molecule has 0 atom stereocenters. The molecule has 6 nitrogen and oxygen atoms in total. The maximum atomic E-state index is 9.07. The molecule has 0 aromatic carbocycles. The van der Waals surface area contributed by atoms with Crippen molar-refractivity contribution in [2.24, 2.45) is 5.84 Å². The van der Waals surface area contributed by atoms with Crippen molar-refractivity contribution in [2.75, 3.05) is 23.5 Å². The van der Waals surface area contributed by atoms with Gasteiger partial charge in [-0.25, -0.2) is 15.8 Å². The van der Waals surface area contributed by atoms with Crippen LogP contribution in [0.4, 0.5) is 11.6 Å². The van der Waals surface area contributed by atoms with Gasteiger partial charge in [0, 0.05) is 30.7 Å². The molecule has 0 aliphatic heterocycles. The number of aliphatic hydroxyl groups is 1. The number of aromatic nitrogens is 2. The van der Waals surface area contributed by atoms with E-state index >= 15 is 0 Å². The Labute approximate surface area is 120 Å². The summed E-state index contributed by atoms with van der Waals surface area (Å²) >= 11 is 0. The number of nitrogen functional groups attached to an aromatic ring is 1. The van der Waals surface area contributed by atoms with Crippen LogP contribution in [0.3, 0.4) is 0 Å². The van der Waals surface area contributed by atoms with Crippen LogP contribution in [0, 0.1) is 6.92 Å². The highest BCUT2D eigenvalue weighted by Gasteiger charge is 2.29. The number of hydrogen-bond donors (Lipinski definition) is 3. The molecule has 1 aliphatic carbocycles. The minimum absolute atomic E-state index is 0.185. The first-order valence-electron chi connectivity index (χ1n) is 7.31. The summed E-state index contributed by atoms with van der Waals surface area (Å²) in [6, 6.07) is 0.313. The number of rotatable bonds is 7. The minimum atomic E-state index is 0.185. The molecule has 1 fully saturated rings. The maximum absolute atomic E-state index is 9.07. The Morgan fingerprint density at radius 2 is 2.10 bits per heavy atom. The van der Waals surface area contributed by atoms with Crippen molar-refractivity contribution in [1.29, 1.82) is 0 Å². The number of aliphatic hydroxyl groups excluding tert-OH is 1. The van der Waals surface area contributed by atoms with E-state index in [2.05, 4.69) is 29.2 Å². The van der Waals surface area contributed by atoms with Gasteiger partial charge in [-0.1, -0.05) is 0 Å². The van der Waals surface area contributed by atoms with E-state index in [0.717, 1.165) is 43.0 Å². The topological polar surface area (TPSA) is 87.3 Å². The first-order chi connectivity index (χ1) is 9.58. The van der Waals surface area contributed by atoms with Gasteiger partial charge in [-0.3, -0.25) is 0 Å². The van der Waals surface area contributed by atoms with E-state index < -0.39 is 0 Å². The zero-order valence-corrected chi connectivity index (χ0v) is 12.6. The van der Waals surface area contributed by atoms with Gasteiger partial charge in [0.1, 0.15) is 17.5 Å². The zero-order valence-electron chi connectivity index (χ0n) is 12.6. The lowest BCUT2D eigenvalue weighted by molar-refractivity contribution is 0.288. The predicted octanol–water partition coefficient (Wildman–Crippen LogP) is 1.55. The molecule has 1 heterocycles. The van der Waals surface area contributed by atoms with Gasteiger partial charge in [0.05, 0.1) is 0 Å². The smallest absolute Gasteiger partial charge is 0.148 e. The normalized spacial score (nSPS) is 14.7. The molecule has 0 bridgehead atoms. The van der Waals surface area contributed by atoms with Crippen molar-refractivity contribution in [3.63, 3.8) is 0 Å². The highest BCUT2D eigenvalue weighted by molar-refractivity contribution is 5.59. The molecule has 1 aromatic heterocycles. The Hall–Kier alpha value is -1.40. The number of nitrogens with two attached hydrogens (primary N) is 1. The third-order valence-electron chi connectivity index (χ3n) is 3.67. The molecule has 4 N–H and O–H groups in total. The van der Waals surface area contributed by atoms with Crippen LogP contribution in [-0.4, -0.2) is 34.3 Å². The average Bonchev–Trinajstić information content (AvgIpc) is 3.25. The summed E-state index contributed by atoms with van der Waals surface area (Å²) in [5.74, 6) is 8.58. The van der Waals surface area contributed by atoms with Gasteiger partial charge >= 0.3 is 0 Å². The molecule has 20 heavy (non-hydrogen) atoms. The Bertz CT molecular complexity index is 459. The molecular weight excluding hydrogens is 254 g/mol. The van der Waals surface area contributed by atoms with Crippen LogP contribution in [0.15, 0.2) is 0 Å². The van der Waals surface area contributed by atoms with Crippen molar-refractivity contribution >= 4 is 11.6 Å². The number of nitrogens with zero attached hydrogens (tertiary/aromatic N) is 3. The lowest BCUT2D eigenvalue weighted by Gasteiger charge is -2.30. The summed E-state index contributed by atoms with van der Waals surface area (Å²) in [7, 11) is 0. The minimum Gasteiger partial charge on any atom is -0.396 e. The third kappa shape index (κ3) is 3.19. The molecule has 1 aromatic rings. The summed E-state index contributed by atoms with van der Waals surface area (Å²) in [4.78, 5) is 11.5. The van der Waals surface area contributed by atoms with Crippen LogP contribution in [0.1, 0.15) is 50.4 Å². The number of hydrazine groups is 1. The van der Waals surface area contributed by atoms with E-state index in [0.29, 0.717) is 17.8 Å². The number of hydrogen-bond acceptors (Lipinski definition) is 6. The molecule has 0 unspecified atom stereocenters. The first kappa shape index (κ1) is 15.0. The van der Waals surface area contributed by atoms with E-state index in [1.165, 1.54) is 0 Å². The van der Waals surface area contributed by atoms with Crippen molar-refractivity contribution in [3.8, 4) is 0 Å². The van der Waals surface area contributed by atoms with Crippen LogP contribution in [0.25, 0.3) is 0 Å². The van der Waals surface area contributed by atoms with E-state index in [4.69, 9.17) is 15.9 Å². The Kier molecular flexibility index (Phi) is 4.77. The standard InChI is InChI=1S/C14H25N5O/c1-9(2)19(7-4-8-20)14-10(3)12(18-15)16-13(17-14)11-5-6-11/h9,11,20H,4-8,15H2,1-3H3,(H,16,17,18). The second-order valence-corrected chi connectivity index (χ2v) is 5.66. The van der Waals surface area contributed by atoms with Gasteiger partial charge in [0.15, 0.2) is 0 Å². The zero-order chi connectivity index (χ0) is 14.7. The van der Waals surface area contributed by atoms with E-state index in [1.807, 2.05) is 6.92 Å². The molecule has 1 aliphatic rings. The van der Waals surface area contributed by atoms with Crippen LogP contribution >= 0.6 is 0 Å². The summed E-state index contributed by atoms with van der Waals surface area (Å²) in [5.41, 5.74) is 3.64. The van der Waals surface area contributed by atoms with Gasteiger partial charge in [-0.2, -0.15) is 0 Å². The maximum Gasteiger partial charge on any atom is 0.148 e. The summed E-state index contributed by atoms with van der Waals surface area (Å²) < 4.78 is 0. The predicted molar refractivity (Wildman–Crippen MR) is 80.7 cm³/mol. The first-order valence-corrected chi connectivity index (χ1v) is 7.31. The van der Waals surface area contributed by atoms with Crippen LogP contribution in [0.2, 0.25) is 0 Å². The average molecular weight is 279 g/mol. The van der Waals surface area contributed by atoms with E-state index in [9.17, 15) is 0 Å².